The Balaban J connectivity index is 0.000000360. The van der Waals surface area contributed by atoms with Gasteiger partial charge in [0.15, 0.2) is 0 Å². The maximum absolute atomic E-state index is 4.07. The van der Waals surface area contributed by atoms with Crippen LogP contribution in [0.3, 0.4) is 0 Å². The summed E-state index contributed by atoms with van der Waals surface area (Å²) in [4.78, 5) is 4.07. The lowest BCUT2D eigenvalue weighted by Gasteiger charge is -1.88. The molecule has 1 rings (SSSR count). The Morgan fingerprint density at radius 2 is 2.57 bits per heavy atom. The molecule has 40 valence electrons. The molecular formula is C3H7BFNS. The smallest absolute Gasteiger partial charge is 0.146 e. The summed E-state index contributed by atoms with van der Waals surface area (Å²) < 4.78 is 0. The first kappa shape index (κ1) is 7.01. The quantitative estimate of drug-likeness (QED) is 0.404. The molecule has 0 N–H and O–H groups in total. The van der Waals surface area contributed by atoms with E-state index in [4.69, 9.17) is 0 Å². The summed E-state index contributed by atoms with van der Waals surface area (Å²) in [7, 11) is 2.11. The molecular weight excluding hydrogens is 112 g/mol. The summed E-state index contributed by atoms with van der Waals surface area (Å²) in [6, 6.07) is 0. The summed E-state index contributed by atoms with van der Waals surface area (Å²) in [6.07, 6.45) is 1.97. The number of halogens is 1. The van der Waals surface area contributed by atoms with Crippen molar-refractivity contribution in [1.29, 1.82) is 0 Å². The zero-order chi connectivity index (χ0) is 4.41. The van der Waals surface area contributed by atoms with E-state index in [0.717, 1.165) is 5.75 Å². The Morgan fingerprint density at radius 3 is 2.71 bits per heavy atom. The van der Waals surface area contributed by atoms with E-state index >= 15 is 0 Å². The van der Waals surface area contributed by atoms with Crippen LogP contribution in [0.25, 0.3) is 0 Å². The molecule has 0 fully saturated rings. The van der Waals surface area contributed by atoms with E-state index in [2.05, 4.69) is 12.8 Å². The molecule has 0 aromatic carbocycles. The third kappa shape index (κ3) is 1.97. The topological polar surface area (TPSA) is 12.4 Å². The maximum atomic E-state index is 4.07. The molecule has 0 saturated heterocycles. The highest BCUT2D eigenvalue weighted by Gasteiger charge is 2.00. The van der Waals surface area contributed by atoms with Crippen molar-refractivity contribution in [3.8, 4) is 0 Å². The van der Waals surface area contributed by atoms with E-state index in [-0.39, 0.29) is 4.70 Å². The Labute approximate surface area is 47.4 Å². The molecule has 1 heterocycles. The monoisotopic (exact) mass is 119 g/mol. The fourth-order valence-corrected chi connectivity index (χ4v) is 1.04. The van der Waals surface area contributed by atoms with Gasteiger partial charge >= 0.3 is 0 Å². The Kier molecular flexibility index (Phi) is 3.08. The van der Waals surface area contributed by atoms with E-state index < -0.39 is 0 Å². The van der Waals surface area contributed by atoms with Crippen LogP contribution in [-0.2, 0) is 0 Å². The van der Waals surface area contributed by atoms with Crippen molar-refractivity contribution in [1.82, 2.24) is 0 Å². The van der Waals surface area contributed by atoms with Crippen LogP contribution in [0.4, 0.5) is 4.70 Å². The number of rotatable bonds is 0. The number of nitrogens with zero attached hydrogens (tertiary/aromatic N) is 1. The molecule has 0 bridgehead atoms. The van der Waals surface area contributed by atoms with E-state index in [1.54, 1.807) is 0 Å². The van der Waals surface area contributed by atoms with E-state index in [1.165, 1.54) is 0 Å². The van der Waals surface area contributed by atoms with Crippen molar-refractivity contribution in [2.24, 2.45) is 4.99 Å². The standard InChI is InChI=1S/C3H6BNS.FH/c4-3-5-1-2-6-3;/h1,3H,2,4H2;1H. The lowest BCUT2D eigenvalue weighted by molar-refractivity contribution is 1.11. The van der Waals surface area contributed by atoms with Crippen LogP contribution < -0.4 is 0 Å². The highest BCUT2D eigenvalue weighted by molar-refractivity contribution is 8.01. The van der Waals surface area contributed by atoms with Crippen molar-refractivity contribution in [2.45, 2.75) is 5.27 Å². The van der Waals surface area contributed by atoms with Crippen molar-refractivity contribution < 1.29 is 4.70 Å². The van der Waals surface area contributed by atoms with Gasteiger partial charge in [-0.1, -0.05) is 0 Å². The number of hydrogen-bond donors (Lipinski definition) is 0. The Morgan fingerprint density at radius 1 is 1.86 bits per heavy atom. The highest BCUT2D eigenvalue weighted by atomic mass is 32.2. The summed E-state index contributed by atoms with van der Waals surface area (Å²) in [5.74, 6) is 1.11. The van der Waals surface area contributed by atoms with Gasteiger partial charge in [0.25, 0.3) is 0 Å². The zero-order valence-corrected chi connectivity index (χ0v) is 4.94. The third-order valence-electron chi connectivity index (χ3n) is 0.727. The minimum absolute atomic E-state index is 0. The average Bonchev–Trinajstić information content (AvgIpc) is 1.86. The molecule has 0 aliphatic carbocycles. The Bertz CT molecular complexity index is 77.3. The summed E-state index contributed by atoms with van der Waals surface area (Å²) >= 11 is 1.87. The fourth-order valence-electron chi connectivity index (χ4n) is 0.417. The van der Waals surface area contributed by atoms with Crippen molar-refractivity contribution in [3.63, 3.8) is 0 Å². The first-order chi connectivity index (χ1) is 2.89. The van der Waals surface area contributed by atoms with Gasteiger partial charge in [0.1, 0.15) is 7.85 Å². The SMILES string of the molecule is BC1N=CCS1.F. The van der Waals surface area contributed by atoms with Gasteiger partial charge < -0.3 is 0 Å². The molecule has 0 amide bonds. The lowest BCUT2D eigenvalue weighted by Crippen LogP contribution is -1.88. The van der Waals surface area contributed by atoms with Gasteiger partial charge in [-0.3, -0.25) is 9.70 Å². The van der Waals surface area contributed by atoms with Crippen LogP contribution in [0.5, 0.6) is 0 Å². The van der Waals surface area contributed by atoms with Crippen LogP contribution >= 0.6 is 11.8 Å². The van der Waals surface area contributed by atoms with Crippen LogP contribution in [0, 0.1) is 0 Å². The second kappa shape index (κ2) is 3.07. The molecule has 1 aliphatic heterocycles. The molecule has 0 saturated carbocycles. The van der Waals surface area contributed by atoms with E-state index in [0.29, 0.717) is 5.27 Å². The molecule has 0 aromatic rings. The van der Waals surface area contributed by atoms with Crippen molar-refractivity contribution in [2.75, 3.05) is 5.75 Å². The number of thioether (sulfide) groups is 1. The molecule has 1 aliphatic rings. The second-order valence-electron chi connectivity index (χ2n) is 1.26. The van der Waals surface area contributed by atoms with Crippen LogP contribution in [0.2, 0.25) is 0 Å². The third-order valence-corrected chi connectivity index (χ3v) is 1.67. The van der Waals surface area contributed by atoms with E-state index in [1.807, 2.05) is 18.0 Å². The van der Waals surface area contributed by atoms with Gasteiger partial charge in [0.05, 0.1) is 5.27 Å². The van der Waals surface area contributed by atoms with Crippen molar-refractivity contribution >= 4 is 25.8 Å². The molecule has 7 heavy (non-hydrogen) atoms. The average molecular weight is 119 g/mol. The van der Waals surface area contributed by atoms with Gasteiger partial charge in [-0.2, -0.15) is 0 Å². The highest BCUT2D eigenvalue weighted by Crippen LogP contribution is 2.11. The minimum atomic E-state index is 0. The molecule has 0 radical (unpaired) electrons. The largest absolute Gasteiger partial charge is 0.292 e. The predicted octanol–water partition coefficient (Wildman–Crippen LogP) is -0.127. The lowest BCUT2D eigenvalue weighted by atomic mass is 10.2. The molecule has 0 aromatic heterocycles. The van der Waals surface area contributed by atoms with Crippen molar-refractivity contribution in [3.05, 3.63) is 0 Å². The number of aliphatic imine (C=N–C) groups is 1. The van der Waals surface area contributed by atoms with Crippen LogP contribution in [-0.4, -0.2) is 25.1 Å². The predicted molar refractivity (Wildman–Crippen MR) is 35.8 cm³/mol. The first-order valence-corrected chi connectivity index (χ1v) is 3.08. The summed E-state index contributed by atoms with van der Waals surface area (Å²) in [5, 5.41) is 0.532. The number of hydrogen-bond acceptors (Lipinski definition) is 2. The van der Waals surface area contributed by atoms with Gasteiger partial charge in [-0.15, -0.1) is 11.8 Å². The van der Waals surface area contributed by atoms with Crippen LogP contribution in [0.1, 0.15) is 0 Å². The van der Waals surface area contributed by atoms with Gasteiger partial charge in [-0.05, 0) is 0 Å². The molecule has 1 nitrogen and oxygen atoms in total. The van der Waals surface area contributed by atoms with E-state index in [9.17, 15) is 0 Å². The van der Waals surface area contributed by atoms with Crippen LogP contribution in [0.15, 0.2) is 4.99 Å². The zero-order valence-electron chi connectivity index (χ0n) is 4.13. The first-order valence-electron chi connectivity index (χ1n) is 2.03. The normalized spacial score (nSPS) is 27.1. The maximum Gasteiger partial charge on any atom is 0.146 e. The molecule has 0 spiro atoms. The molecule has 4 heteroatoms. The fraction of sp³-hybridized carbons (Fsp3) is 0.667. The van der Waals surface area contributed by atoms with Gasteiger partial charge in [0, 0.05) is 12.0 Å². The minimum Gasteiger partial charge on any atom is -0.292 e. The summed E-state index contributed by atoms with van der Waals surface area (Å²) in [6.45, 7) is 0. The molecule has 1 unspecified atom stereocenters. The Hall–Kier alpha value is 0.0149. The molecule has 1 atom stereocenters. The van der Waals surface area contributed by atoms with Gasteiger partial charge in [-0.25, -0.2) is 0 Å². The second-order valence-corrected chi connectivity index (χ2v) is 2.61. The summed E-state index contributed by atoms with van der Waals surface area (Å²) in [5.41, 5.74) is 0. The van der Waals surface area contributed by atoms with Gasteiger partial charge in [0.2, 0.25) is 0 Å².